The summed E-state index contributed by atoms with van der Waals surface area (Å²) in [6.45, 7) is 3.09. The third-order valence-corrected chi connectivity index (χ3v) is 3.59. The van der Waals surface area contributed by atoms with Crippen molar-refractivity contribution in [1.82, 2.24) is 19.7 Å². The van der Waals surface area contributed by atoms with Crippen LogP contribution in [0.1, 0.15) is 36.2 Å². The molecule has 2 aromatic heterocycles. The van der Waals surface area contributed by atoms with Crippen molar-refractivity contribution in [3.05, 3.63) is 35.5 Å². The summed E-state index contributed by atoms with van der Waals surface area (Å²) in [4.78, 5) is 20.5. The highest BCUT2D eigenvalue weighted by Crippen LogP contribution is 2.36. The van der Waals surface area contributed by atoms with Crippen LogP contribution in [0.25, 0.3) is 0 Å². The summed E-state index contributed by atoms with van der Waals surface area (Å²) in [5.41, 5.74) is 1.93. The maximum atomic E-state index is 11.9. The largest absolute Gasteiger partial charge is 0.377 e. The normalized spacial score (nSPS) is 17.4. The van der Waals surface area contributed by atoms with Gasteiger partial charge < -0.3 is 10.1 Å². The first-order chi connectivity index (χ1) is 10.2. The summed E-state index contributed by atoms with van der Waals surface area (Å²) in [7, 11) is 1.61. The van der Waals surface area contributed by atoms with Gasteiger partial charge in [-0.05, 0) is 12.5 Å². The van der Waals surface area contributed by atoms with Crippen LogP contribution in [0.15, 0.2) is 18.6 Å². The number of hydrogen-bond acceptors (Lipinski definition) is 5. The van der Waals surface area contributed by atoms with Crippen molar-refractivity contribution in [3.8, 4) is 0 Å². The van der Waals surface area contributed by atoms with E-state index in [-0.39, 0.29) is 11.8 Å². The smallest absolute Gasteiger partial charge is 0.226 e. The van der Waals surface area contributed by atoms with E-state index in [4.69, 9.17) is 4.74 Å². The lowest BCUT2D eigenvalue weighted by Crippen LogP contribution is -2.25. The van der Waals surface area contributed by atoms with Gasteiger partial charge in [0.05, 0.1) is 6.20 Å². The van der Waals surface area contributed by atoms with Gasteiger partial charge in [-0.3, -0.25) is 4.79 Å². The van der Waals surface area contributed by atoms with Crippen molar-refractivity contribution in [2.75, 3.05) is 12.4 Å². The molecule has 0 radical (unpaired) electrons. The zero-order chi connectivity index (χ0) is 14.8. The standard InChI is InChI=1S/C14H17N5O2/c1-3-19-14-11(7-17-19)10(4-13(20)18-14)9-5-15-12(8-21-2)16-6-9/h5-7,10H,3-4,8H2,1-2H3,(H,18,20)/t10-/m0/s1. The van der Waals surface area contributed by atoms with E-state index in [2.05, 4.69) is 20.4 Å². The summed E-state index contributed by atoms with van der Waals surface area (Å²) >= 11 is 0. The fourth-order valence-electron chi connectivity index (χ4n) is 2.56. The molecule has 0 aliphatic carbocycles. The molecular weight excluding hydrogens is 270 g/mol. The first-order valence-electron chi connectivity index (χ1n) is 6.88. The molecule has 2 aromatic rings. The van der Waals surface area contributed by atoms with Gasteiger partial charge in [0.1, 0.15) is 12.4 Å². The zero-order valence-corrected chi connectivity index (χ0v) is 12.0. The number of carbonyl (C=O) groups excluding carboxylic acids is 1. The minimum Gasteiger partial charge on any atom is -0.377 e. The number of hydrogen-bond donors (Lipinski definition) is 1. The van der Waals surface area contributed by atoms with Crippen LogP contribution in [0.3, 0.4) is 0 Å². The number of ether oxygens (including phenoxy) is 1. The van der Waals surface area contributed by atoms with E-state index in [1.165, 1.54) is 0 Å². The number of carbonyl (C=O) groups is 1. The molecule has 110 valence electrons. The fraction of sp³-hybridized carbons (Fsp3) is 0.429. The molecule has 0 spiro atoms. The molecule has 0 aromatic carbocycles. The number of fused-ring (bicyclic) bond motifs is 1. The summed E-state index contributed by atoms with van der Waals surface area (Å²) in [6, 6.07) is 0. The first kappa shape index (κ1) is 13.7. The maximum Gasteiger partial charge on any atom is 0.226 e. The molecule has 0 fully saturated rings. The summed E-state index contributed by atoms with van der Waals surface area (Å²) in [6.07, 6.45) is 5.72. The number of nitrogens with zero attached hydrogens (tertiary/aromatic N) is 4. The molecule has 0 saturated heterocycles. The van der Waals surface area contributed by atoms with Crippen LogP contribution in [0.2, 0.25) is 0 Å². The number of anilines is 1. The van der Waals surface area contributed by atoms with Gasteiger partial charge in [-0.15, -0.1) is 0 Å². The van der Waals surface area contributed by atoms with Crippen LogP contribution < -0.4 is 5.32 Å². The Morgan fingerprint density at radius 1 is 1.38 bits per heavy atom. The molecule has 7 heteroatoms. The van der Waals surface area contributed by atoms with E-state index in [0.717, 1.165) is 16.9 Å². The third-order valence-electron chi connectivity index (χ3n) is 3.59. The Hall–Kier alpha value is -2.28. The Morgan fingerprint density at radius 3 is 2.81 bits per heavy atom. The Balaban J connectivity index is 1.95. The van der Waals surface area contributed by atoms with E-state index >= 15 is 0 Å². The second kappa shape index (κ2) is 5.61. The lowest BCUT2D eigenvalue weighted by atomic mass is 9.89. The molecule has 1 atom stereocenters. The Morgan fingerprint density at radius 2 is 2.14 bits per heavy atom. The van der Waals surface area contributed by atoms with Crippen LogP contribution in [-0.4, -0.2) is 32.8 Å². The molecule has 0 unspecified atom stereocenters. The number of aryl methyl sites for hydroxylation is 1. The molecule has 21 heavy (non-hydrogen) atoms. The number of amides is 1. The van der Waals surface area contributed by atoms with Crippen molar-refractivity contribution in [2.45, 2.75) is 32.4 Å². The van der Waals surface area contributed by atoms with E-state index in [0.29, 0.717) is 25.4 Å². The van der Waals surface area contributed by atoms with E-state index in [9.17, 15) is 4.79 Å². The molecule has 1 aliphatic rings. The highest BCUT2D eigenvalue weighted by Gasteiger charge is 2.30. The second-order valence-electron chi connectivity index (χ2n) is 4.93. The summed E-state index contributed by atoms with van der Waals surface area (Å²) in [5, 5.41) is 7.21. The predicted octanol–water partition coefficient (Wildman–Crippen LogP) is 1.31. The van der Waals surface area contributed by atoms with Gasteiger partial charge in [0.25, 0.3) is 0 Å². The fourth-order valence-corrected chi connectivity index (χ4v) is 2.56. The van der Waals surface area contributed by atoms with Crippen LogP contribution in [0.4, 0.5) is 5.82 Å². The van der Waals surface area contributed by atoms with Gasteiger partial charge in [-0.1, -0.05) is 0 Å². The third kappa shape index (κ3) is 2.52. The highest BCUT2D eigenvalue weighted by atomic mass is 16.5. The van der Waals surface area contributed by atoms with Gasteiger partial charge in [0, 0.05) is 44.0 Å². The van der Waals surface area contributed by atoms with Crippen LogP contribution >= 0.6 is 0 Å². The van der Waals surface area contributed by atoms with Crippen molar-refractivity contribution < 1.29 is 9.53 Å². The van der Waals surface area contributed by atoms with Crippen molar-refractivity contribution >= 4 is 11.7 Å². The lowest BCUT2D eigenvalue weighted by Gasteiger charge is -2.23. The number of nitrogens with one attached hydrogen (secondary N) is 1. The quantitative estimate of drug-likeness (QED) is 0.917. The van der Waals surface area contributed by atoms with Gasteiger partial charge >= 0.3 is 0 Å². The SMILES string of the molecule is CCn1ncc2c1NC(=O)C[C@H]2c1cnc(COC)nc1. The molecular formula is C14H17N5O2. The number of aromatic nitrogens is 4. The Bertz CT molecular complexity index is 650. The number of rotatable bonds is 4. The zero-order valence-electron chi connectivity index (χ0n) is 12.0. The summed E-state index contributed by atoms with van der Waals surface area (Å²) < 4.78 is 6.79. The Labute approximate surface area is 122 Å². The number of methoxy groups -OCH3 is 1. The molecule has 3 rings (SSSR count). The molecule has 1 N–H and O–H groups in total. The van der Waals surface area contributed by atoms with Crippen LogP contribution in [0, 0.1) is 0 Å². The van der Waals surface area contributed by atoms with Crippen molar-refractivity contribution in [1.29, 1.82) is 0 Å². The lowest BCUT2D eigenvalue weighted by molar-refractivity contribution is -0.116. The average molecular weight is 287 g/mol. The van der Waals surface area contributed by atoms with Crippen molar-refractivity contribution in [2.24, 2.45) is 0 Å². The second-order valence-corrected chi connectivity index (χ2v) is 4.93. The van der Waals surface area contributed by atoms with Crippen LogP contribution in [0.5, 0.6) is 0 Å². The summed E-state index contributed by atoms with van der Waals surface area (Å²) in [5.74, 6) is 1.35. The van der Waals surface area contributed by atoms with Gasteiger partial charge in [0.15, 0.2) is 5.82 Å². The predicted molar refractivity (Wildman–Crippen MR) is 75.7 cm³/mol. The molecule has 1 aliphatic heterocycles. The van der Waals surface area contributed by atoms with Gasteiger partial charge in [-0.2, -0.15) is 5.10 Å². The van der Waals surface area contributed by atoms with E-state index in [1.807, 2.05) is 13.1 Å². The molecule has 0 bridgehead atoms. The topological polar surface area (TPSA) is 81.9 Å². The molecule has 7 nitrogen and oxygen atoms in total. The maximum absolute atomic E-state index is 11.9. The molecule has 3 heterocycles. The van der Waals surface area contributed by atoms with Gasteiger partial charge in [-0.25, -0.2) is 14.6 Å². The average Bonchev–Trinajstić information content (AvgIpc) is 2.90. The minimum atomic E-state index is -0.0503. The van der Waals surface area contributed by atoms with E-state index in [1.54, 1.807) is 24.2 Å². The highest BCUT2D eigenvalue weighted by molar-refractivity contribution is 5.94. The molecule has 0 saturated carbocycles. The molecule has 1 amide bonds. The van der Waals surface area contributed by atoms with E-state index < -0.39 is 0 Å². The van der Waals surface area contributed by atoms with Crippen molar-refractivity contribution in [3.63, 3.8) is 0 Å². The van der Waals surface area contributed by atoms with Gasteiger partial charge in [0.2, 0.25) is 5.91 Å². The minimum absolute atomic E-state index is 0.0105. The van der Waals surface area contributed by atoms with Crippen LogP contribution in [-0.2, 0) is 22.7 Å². The Kier molecular flexibility index (Phi) is 3.66. The monoisotopic (exact) mass is 287 g/mol. The first-order valence-corrected chi connectivity index (χ1v) is 6.88.